The summed E-state index contributed by atoms with van der Waals surface area (Å²) in [5, 5.41) is -3.06. The van der Waals surface area contributed by atoms with Gasteiger partial charge in [-0.1, -0.05) is 51.9 Å². The number of halogens is 17. The van der Waals surface area contributed by atoms with Crippen molar-refractivity contribution >= 4 is 22.1 Å². The molecule has 1 N–H and O–H groups in total. The van der Waals surface area contributed by atoms with Crippen LogP contribution in [0.25, 0.3) is 0 Å². The number of unbranched alkanes of at least 4 members (excludes halogenated alkanes) is 7. The van der Waals surface area contributed by atoms with Crippen molar-refractivity contribution in [2.75, 3.05) is 13.2 Å². The average molecular weight is 785 g/mol. The van der Waals surface area contributed by atoms with E-state index in [2.05, 4.69) is 9.47 Å². The molecule has 7 nitrogen and oxygen atoms in total. The standard InChI is InChI=1S/C24H29F17O7S/c1-2-3-4-5-6-7-8-9-11-47-15(42)13-14(49(44,45)46)16(43)48-12-10-17(25,26)18(27,28)19(29,30)20(31,32)21(33,34)22(35,36)23(37,38)24(39,40)41/h14H,2-13H2,1H3,(H,44,45,46). The number of alkyl halides is 17. The number of hydrogen-bond donors (Lipinski definition) is 1. The molecule has 0 radical (unpaired) electrons. The molecule has 0 aliphatic carbocycles. The summed E-state index contributed by atoms with van der Waals surface area (Å²) in [6.07, 6.45) is -6.51. The molecule has 0 spiro atoms. The van der Waals surface area contributed by atoms with Gasteiger partial charge in [0, 0.05) is 0 Å². The number of hydrogen-bond acceptors (Lipinski definition) is 6. The van der Waals surface area contributed by atoms with Crippen LogP contribution in [0.15, 0.2) is 0 Å². The average Bonchev–Trinajstić information content (AvgIpc) is 2.92. The van der Waals surface area contributed by atoms with Crippen LogP contribution in [-0.2, 0) is 29.2 Å². The van der Waals surface area contributed by atoms with Gasteiger partial charge in [-0.25, -0.2) is 0 Å². The van der Waals surface area contributed by atoms with E-state index in [1.807, 2.05) is 6.92 Å². The molecule has 0 aromatic rings. The van der Waals surface area contributed by atoms with E-state index in [0.29, 0.717) is 12.8 Å². The molecule has 292 valence electrons. The van der Waals surface area contributed by atoms with Crippen molar-refractivity contribution in [2.24, 2.45) is 0 Å². The molecule has 1 atom stereocenters. The van der Waals surface area contributed by atoms with Crippen LogP contribution in [-0.4, -0.2) is 91.0 Å². The van der Waals surface area contributed by atoms with Crippen LogP contribution in [0.5, 0.6) is 0 Å². The first-order chi connectivity index (χ1) is 21.7. The molecule has 0 aromatic heterocycles. The van der Waals surface area contributed by atoms with Gasteiger partial charge in [-0.15, -0.1) is 0 Å². The molecular formula is C24H29F17O7S. The summed E-state index contributed by atoms with van der Waals surface area (Å²) >= 11 is 0. The van der Waals surface area contributed by atoms with Crippen molar-refractivity contribution in [1.29, 1.82) is 0 Å². The number of carbonyl (C=O) groups is 2. The molecule has 0 bridgehead atoms. The molecule has 0 aromatic carbocycles. The first-order valence-electron chi connectivity index (χ1n) is 13.7. The summed E-state index contributed by atoms with van der Waals surface area (Å²) in [7, 11) is -5.73. The number of esters is 2. The van der Waals surface area contributed by atoms with E-state index in [0.717, 1.165) is 32.1 Å². The fourth-order valence-electron chi connectivity index (χ4n) is 3.67. The summed E-state index contributed by atoms with van der Waals surface area (Å²) in [6, 6.07) is 0. The van der Waals surface area contributed by atoms with E-state index in [-0.39, 0.29) is 13.0 Å². The molecule has 0 aliphatic rings. The van der Waals surface area contributed by atoms with Gasteiger partial charge < -0.3 is 9.47 Å². The van der Waals surface area contributed by atoms with Crippen molar-refractivity contribution in [2.45, 2.75) is 124 Å². The highest BCUT2D eigenvalue weighted by molar-refractivity contribution is 7.87. The Balaban J connectivity index is 5.68. The summed E-state index contributed by atoms with van der Waals surface area (Å²) in [5.41, 5.74) is 0. The highest BCUT2D eigenvalue weighted by atomic mass is 32.2. The molecular weight excluding hydrogens is 755 g/mol. The minimum absolute atomic E-state index is 0.224. The maximum atomic E-state index is 14.0. The van der Waals surface area contributed by atoms with Crippen LogP contribution in [0, 0.1) is 0 Å². The van der Waals surface area contributed by atoms with E-state index in [9.17, 15) is 92.6 Å². The third-order valence-electron chi connectivity index (χ3n) is 6.68. The molecule has 0 saturated heterocycles. The zero-order chi connectivity index (χ0) is 39.1. The molecule has 49 heavy (non-hydrogen) atoms. The Morgan fingerprint density at radius 2 is 0.959 bits per heavy atom. The second kappa shape index (κ2) is 16.3. The molecule has 1 unspecified atom stereocenters. The van der Waals surface area contributed by atoms with Crippen LogP contribution in [0.4, 0.5) is 74.6 Å². The van der Waals surface area contributed by atoms with Crippen LogP contribution < -0.4 is 0 Å². The third-order valence-corrected chi connectivity index (χ3v) is 7.76. The minimum atomic E-state index is -8.82. The predicted molar refractivity (Wildman–Crippen MR) is 130 cm³/mol. The Labute approximate surface area is 266 Å². The second-order valence-corrected chi connectivity index (χ2v) is 12.1. The maximum absolute atomic E-state index is 14.0. The molecule has 0 saturated carbocycles. The number of rotatable bonds is 22. The molecule has 0 amide bonds. The van der Waals surface area contributed by atoms with Crippen molar-refractivity contribution in [3.8, 4) is 0 Å². The lowest BCUT2D eigenvalue weighted by atomic mass is 9.88. The maximum Gasteiger partial charge on any atom is 0.460 e. The minimum Gasteiger partial charge on any atom is -0.466 e. The Hall–Kier alpha value is -2.34. The fourth-order valence-corrected chi connectivity index (χ4v) is 4.33. The van der Waals surface area contributed by atoms with Gasteiger partial charge in [0.05, 0.1) is 26.1 Å². The van der Waals surface area contributed by atoms with E-state index in [1.54, 1.807) is 0 Å². The van der Waals surface area contributed by atoms with Gasteiger partial charge in [-0.2, -0.15) is 83.1 Å². The lowest BCUT2D eigenvalue weighted by Gasteiger charge is -2.42. The number of carbonyl (C=O) groups excluding carboxylic acids is 2. The van der Waals surface area contributed by atoms with E-state index < -0.39 is 94.4 Å². The highest BCUT2D eigenvalue weighted by Gasteiger charge is 2.95. The smallest absolute Gasteiger partial charge is 0.460 e. The van der Waals surface area contributed by atoms with Crippen LogP contribution >= 0.6 is 0 Å². The van der Waals surface area contributed by atoms with Gasteiger partial charge in [0.25, 0.3) is 10.1 Å². The third kappa shape index (κ3) is 10.1. The van der Waals surface area contributed by atoms with Crippen molar-refractivity contribution in [3.63, 3.8) is 0 Å². The zero-order valence-corrected chi connectivity index (χ0v) is 25.6. The van der Waals surface area contributed by atoms with Crippen LogP contribution in [0.3, 0.4) is 0 Å². The lowest BCUT2D eigenvalue weighted by molar-refractivity contribution is -0.461. The molecule has 0 aliphatic heterocycles. The molecule has 0 fully saturated rings. The SMILES string of the molecule is CCCCCCCCCCOC(=O)CC(C(=O)OCCC(F)(F)C(F)(F)C(F)(F)C(F)(F)C(F)(F)C(F)(F)C(F)(F)C(F)(F)F)S(=O)(=O)O. The van der Waals surface area contributed by atoms with Crippen molar-refractivity contribution < 1.29 is 107 Å². The van der Waals surface area contributed by atoms with E-state index in [1.165, 1.54) is 0 Å². The molecule has 0 heterocycles. The highest BCUT2D eigenvalue weighted by Crippen LogP contribution is 2.64. The summed E-state index contributed by atoms with van der Waals surface area (Å²) in [6.45, 7) is -0.822. The normalized spacial score (nSPS) is 15.2. The van der Waals surface area contributed by atoms with Crippen LogP contribution in [0.2, 0.25) is 0 Å². The fraction of sp³-hybridized carbons (Fsp3) is 0.917. The van der Waals surface area contributed by atoms with Gasteiger partial charge in [0.2, 0.25) is 0 Å². The summed E-state index contributed by atoms with van der Waals surface area (Å²) in [4.78, 5) is 23.8. The largest absolute Gasteiger partial charge is 0.466 e. The monoisotopic (exact) mass is 784 g/mol. The summed E-state index contributed by atoms with van der Waals surface area (Å²) < 4.78 is 267. The Kier molecular flexibility index (Phi) is 15.6. The van der Waals surface area contributed by atoms with Gasteiger partial charge in [0.1, 0.15) is 0 Å². The van der Waals surface area contributed by atoms with Crippen molar-refractivity contribution in [3.05, 3.63) is 0 Å². The second-order valence-electron chi connectivity index (χ2n) is 10.5. The Morgan fingerprint density at radius 3 is 1.37 bits per heavy atom. The lowest BCUT2D eigenvalue weighted by Crippen LogP contribution is -2.74. The molecule has 25 heteroatoms. The first kappa shape index (κ1) is 46.7. The van der Waals surface area contributed by atoms with Gasteiger partial charge >= 0.3 is 59.6 Å². The first-order valence-corrected chi connectivity index (χ1v) is 15.2. The predicted octanol–water partition coefficient (Wildman–Crippen LogP) is 8.26. The Morgan fingerprint density at radius 1 is 0.571 bits per heavy atom. The van der Waals surface area contributed by atoms with E-state index in [4.69, 9.17) is 4.55 Å². The van der Waals surface area contributed by atoms with Crippen molar-refractivity contribution in [1.82, 2.24) is 0 Å². The number of ether oxygens (including phenoxy) is 2. The van der Waals surface area contributed by atoms with Gasteiger partial charge in [0.15, 0.2) is 5.25 Å². The topological polar surface area (TPSA) is 107 Å². The van der Waals surface area contributed by atoms with Crippen LogP contribution in [0.1, 0.15) is 71.1 Å². The van der Waals surface area contributed by atoms with Gasteiger partial charge in [-0.3, -0.25) is 14.1 Å². The zero-order valence-electron chi connectivity index (χ0n) is 24.8. The quantitative estimate of drug-likeness (QED) is 0.0510. The summed E-state index contributed by atoms with van der Waals surface area (Å²) in [5.74, 6) is -62.1. The molecule has 0 rings (SSSR count). The Bertz CT molecular complexity index is 1200. The van der Waals surface area contributed by atoms with E-state index >= 15 is 0 Å². The van der Waals surface area contributed by atoms with Gasteiger partial charge in [-0.05, 0) is 6.42 Å².